The van der Waals surface area contributed by atoms with Gasteiger partial charge in [0.1, 0.15) is 5.75 Å². The molecule has 2 aromatic carbocycles. The third-order valence-corrected chi connectivity index (χ3v) is 5.12. The molecule has 1 saturated heterocycles. The van der Waals surface area contributed by atoms with E-state index in [0.717, 1.165) is 35.8 Å². The van der Waals surface area contributed by atoms with E-state index in [0.29, 0.717) is 19.7 Å². The van der Waals surface area contributed by atoms with Crippen LogP contribution < -0.4 is 20.3 Å². The van der Waals surface area contributed by atoms with Crippen LogP contribution in [0.4, 0.5) is 16.2 Å². The summed E-state index contributed by atoms with van der Waals surface area (Å²) in [6, 6.07) is 15.3. The van der Waals surface area contributed by atoms with Crippen LogP contribution in [0.25, 0.3) is 0 Å². The molecular formula is C23H30N4O3. The number of benzene rings is 2. The average molecular weight is 411 g/mol. The third kappa shape index (κ3) is 5.43. The van der Waals surface area contributed by atoms with Crippen molar-refractivity contribution in [2.24, 2.45) is 0 Å². The Morgan fingerprint density at radius 2 is 1.80 bits per heavy atom. The Kier molecular flexibility index (Phi) is 7.17. The standard InChI is InChI=1S/C23H30N4O3/c1-4-30-22-11-6-5-10-21(22)26-12-14-27(15-13-26)23(29)24-17(2)19-8-7-9-20(16-19)25-18(3)28/h5-11,16-17H,4,12-15H2,1-3H3,(H,24,29)(H,25,28). The van der Waals surface area contributed by atoms with Gasteiger partial charge in [0.2, 0.25) is 5.91 Å². The van der Waals surface area contributed by atoms with Gasteiger partial charge in [-0.15, -0.1) is 0 Å². The first-order chi connectivity index (χ1) is 14.5. The van der Waals surface area contributed by atoms with Crippen molar-refractivity contribution in [3.8, 4) is 5.75 Å². The number of piperazine rings is 1. The van der Waals surface area contributed by atoms with Crippen LogP contribution >= 0.6 is 0 Å². The quantitative estimate of drug-likeness (QED) is 0.763. The van der Waals surface area contributed by atoms with E-state index in [4.69, 9.17) is 4.74 Å². The van der Waals surface area contributed by atoms with E-state index in [2.05, 4.69) is 21.6 Å². The van der Waals surface area contributed by atoms with Gasteiger partial charge in [0.05, 0.1) is 18.3 Å². The second-order valence-electron chi connectivity index (χ2n) is 7.35. The summed E-state index contributed by atoms with van der Waals surface area (Å²) < 4.78 is 5.74. The largest absolute Gasteiger partial charge is 0.492 e. The summed E-state index contributed by atoms with van der Waals surface area (Å²) in [5.74, 6) is 0.762. The highest BCUT2D eigenvalue weighted by Crippen LogP contribution is 2.29. The third-order valence-electron chi connectivity index (χ3n) is 5.12. The molecule has 0 bridgehead atoms. The molecule has 1 fully saturated rings. The van der Waals surface area contributed by atoms with Gasteiger partial charge in [-0.25, -0.2) is 4.79 Å². The van der Waals surface area contributed by atoms with E-state index in [1.807, 2.05) is 61.2 Å². The van der Waals surface area contributed by atoms with Crippen molar-refractivity contribution in [2.75, 3.05) is 43.0 Å². The minimum Gasteiger partial charge on any atom is -0.492 e. The fourth-order valence-corrected chi connectivity index (χ4v) is 3.60. The van der Waals surface area contributed by atoms with Crippen LogP contribution in [0.5, 0.6) is 5.75 Å². The van der Waals surface area contributed by atoms with Crippen molar-refractivity contribution < 1.29 is 14.3 Å². The predicted molar refractivity (Wildman–Crippen MR) is 119 cm³/mol. The summed E-state index contributed by atoms with van der Waals surface area (Å²) >= 11 is 0. The maximum Gasteiger partial charge on any atom is 0.317 e. The number of hydrogen-bond donors (Lipinski definition) is 2. The topological polar surface area (TPSA) is 73.9 Å². The summed E-state index contributed by atoms with van der Waals surface area (Å²) in [6.45, 7) is 8.82. The summed E-state index contributed by atoms with van der Waals surface area (Å²) in [6.07, 6.45) is 0. The highest BCUT2D eigenvalue weighted by atomic mass is 16.5. The number of hydrogen-bond acceptors (Lipinski definition) is 4. The van der Waals surface area contributed by atoms with Crippen molar-refractivity contribution in [2.45, 2.75) is 26.8 Å². The Bertz CT molecular complexity index is 878. The number of nitrogens with one attached hydrogen (secondary N) is 2. The molecule has 3 rings (SSSR count). The highest BCUT2D eigenvalue weighted by molar-refractivity contribution is 5.88. The van der Waals surface area contributed by atoms with Gasteiger partial charge >= 0.3 is 6.03 Å². The zero-order valence-electron chi connectivity index (χ0n) is 17.9. The Labute approximate surface area is 178 Å². The first kappa shape index (κ1) is 21.5. The average Bonchev–Trinajstić information content (AvgIpc) is 2.74. The fourth-order valence-electron chi connectivity index (χ4n) is 3.60. The maximum absolute atomic E-state index is 12.8. The van der Waals surface area contributed by atoms with E-state index >= 15 is 0 Å². The molecule has 160 valence electrons. The molecule has 0 aromatic heterocycles. The molecule has 30 heavy (non-hydrogen) atoms. The molecule has 1 aliphatic heterocycles. The molecule has 0 aliphatic carbocycles. The minimum atomic E-state index is -0.164. The number of ether oxygens (including phenoxy) is 1. The molecule has 3 amide bonds. The number of rotatable bonds is 6. The normalized spacial score (nSPS) is 14.8. The number of para-hydroxylation sites is 2. The molecule has 2 N–H and O–H groups in total. The van der Waals surface area contributed by atoms with Gasteiger partial charge in [0.15, 0.2) is 0 Å². The lowest BCUT2D eigenvalue weighted by molar-refractivity contribution is -0.114. The Hall–Kier alpha value is -3.22. The monoisotopic (exact) mass is 410 g/mol. The highest BCUT2D eigenvalue weighted by Gasteiger charge is 2.24. The molecule has 1 unspecified atom stereocenters. The first-order valence-corrected chi connectivity index (χ1v) is 10.4. The fraction of sp³-hybridized carbons (Fsp3) is 0.391. The van der Waals surface area contributed by atoms with Crippen molar-refractivity contribution in [1.29, 1.82) is 0 Å². The summed E-state index contributed by atoms with van der Waals surface area (Å²) in [5.41, 5.74) is 2.74. The van der Waals surface area contributed by atoms with E-state index in [1.54, 1.807) is 0 Å². The van der Waals surface area contributed by atoms with Crippen molar-refractivity contribution in [3.63, 3.8) is 0 Å². The number of urea groups is 1. The van der Waals surface area contributed by atoms with Gasteiger partial charge in [-0.05, 0) is 43.7 Å². The number of nitrogens with zero attached hydrogens (tertiary/aromatic N) is 2. The van der Waals surface area contributed by atoms with Gasteiger partial charge in [0.25, 0.3) is 0 Å². The summed E-state index contributed by atoms with van der Waals surface area (Å²) in [5, 5.41) is 5.84. The Morgan fingerprint density at radius 1 is 1.07 bits per heavy atom. The zero-order chi connectivity index (χ0) is 21.5. The second kappa shape index (κ2) is 10.0. The second-order valence-corrected chi connectivity index (χ2v) is 7.35. The number of carbonyl (C=O) groups is 2. The van der Waals surface area contributed by atoms with Crippen molar-refractivity contribution >= 4 is 23.3 Å². The molecule has 0 spiro atoms. The molecule has 1 aliphatic rings. The van der Waals surface area contributed by atoms with Gasteiger partial charge in [0, 0.05) is 38.8 Å². The predicted octanol–water partition coefficient (Wildman–Crippen LogP) is 3.64. The maximum atomic E-state index is 12.8. The number of anilines is 2. The lowest BCUT2D eigenvalue weighted by atomic mass is 10.1. The molecule has 2 aromatic rings. The van der Waals surface area contributed by atoms with Crippen LogP contribution in [0, 0.1) is 0 Å². The number of amides is 3. The molecule has 0 saturated carbocycles. The summed E-state index contributed by atoms with van der Waals surface area (Å²) in [4.78, 5) is 28.1. The lowest BCUT2D eigenvalue weighted by Crippen LogP contribution is -2.52. The van der Waals surface area contributed by atoms with Crippen LogP contribution in [-0.4, -0.2) is 49.6 Å². The van der Waals surface area contributed by atoms with Crippen LogP contribution in [0.1, 0.15) is 32.4 Å². The van der Waals surface area contributed by atoms with Gasteiger partial charge in [-0.1, -0.05) is 24.3 Å². The molecule has 1 atom stereocenters. The minimum absolute atomic E-state index is 0.0785. The van der Waals surface area contributed by atoms with E-state index < -0.39 is 0 Å². The zero-order valence-corrected chi connectivity index (χ0v) is 17.9. The Morgan fingerprint density at radius 3 is 2.50 bits per heavy atom. The van der Waals surface area contributed by atoms with Crippen LogP contribution in [0.15, 0.2) is 48.5 Å². The van der Waals surface area contributed by atoms with E-state index in [9.17, 15) is 9.59 Å². The van der Waals surface area contributed by atoms with E-state index in [1.165, 1.54) is 6.92 Å². The van der Waals surface area contributed by atoms with Gasteiger partial charge in [-0.2, -0.15) is 0 Å². The van der Waals surface area contributed by atoms with Gasteiger partial charge < -0.3 is 25.2 Å². The lowest BCUT2D eigenvalue weighted by Gasteiger charge is -2.37. The smallest absolute Gasteiger partial charge is 0.317 e. The van der Waals surface area contributed by atoms with Crippen molar-refractivity contribution in [1.82, 2.24) is 10.2 Å². The van der Waals surface area contributed by atoms with Crippen LogP contribution in [-0.2, 0) is 4.79 Å². The summed E-state index contributed by atoms with van der Waals surface area (Å²) in [7, 11) is 0. The van der Waals surface area contributed by atoms with E-state index in [-0.39, 0.29) is 18.0 Å². The molecule has 7 heteroatoms. The van der Waals surface area contributed by atoms with Crippen LogP contribution in [0.2, 0.25) is 0 Å². The Balaban J connectivity index is 1.56. The molecule has 0 radical (unpaired) electrons. The van der Waals surface area contributed by atoms with Crippen LogP contribution in [0.3, 0.4) is 0 Å². The number of carbonyl (C=O) groups excluding carboxylic acids is 2. The molecule has 1 heterocycles. The first-order valence-electron chi connectivity index (χ1n) is 10.4. The SMILES string of the molecule is CCOc1ccccc1N1CCN(C(=O)NC(C)c2cccc(NC(C)=O)c2)CC1. The van der Waals surface area contributed by atoms with Crippen molar-refractivity contribution in [3.05, 3.63) is 54.1 Å². The molecule has 7 nitrogen and oxygen atoms in total. The molecular weight excluding hydrogens is 380 g/mol. The van der Waals surface area contributed by atoms with Gasteiger partial charge in [-0.3, -0.25) is 4.79 Å².